The summed E-state index contributed by atoms with van der Waals surface area (Å²) in [5.41, 5.74) is 1.76. The van der Waals surface area contributed by atoms with E-state index < -0.39 is 0 Å². The van der Waals surface area contributed by atoms with Crippen LogP contribution in [0.5, 0.6) is 11.5 Å². The monoisotopic (exact) mass is 449 g/mol. The Hall–Kier alpha value is -3.45. The molecule has 6 nitrogen and oxygen atoms in total. The molecule has 1 aromatic heterocycles. The molecule has 0 amide bonds. The number of halogens is 1. The number of para-hydroxylation sites is 1. The number of phenols is 1. The van der Waals surface area contributed by atoms with Crippen LogP contribution in [0.1, 0.15) is 5.56 Å². The number of fused-ring (bicyclic) bond motifs is 1. The Balaban J connectivity index is 1.91. The number of hydrogen-bond acceptors (Lipinski definition) is 5. The minimum Gasteiger partial charge on any atom is -0.503 e. The molecule has 0 atom stereocenters. The average Bonchev–Trinajstić information content (AvgIpc) is 2.75. The molecule has 4 aromatic rings. The van der Waals surface area contributed by atoms with Crippen molar-refractivity contribution in [3.63, 3.8) is 0 Å². The molecule has 1 N–H and O–H groups in total. The summed E-state index contributed by atoms with van der Waals surface area (Å²) in [6.45, 7) is 0. The molecule has 144 valence electrons. The van der Waals surface area contributed by atoms with Gasteiger partial charge in [0.15, 0.2) is 17.3 Å². The zero-order chi connectivity index (χ0) is 20.4. The molecule has 0 spiro atoms. The lowest BCUT2D eigenvalue weighted by Gasteiger charge is -2.10. The number of ether oxygens (including phenoxy) is 1. The lowest BCUT2D eigenvalue weighted by Crippen LogP contribution is -2.20. The van der Waals surface area contributed by atoms with Crippen LogP contribution in [0.15, 0.2) is 81.1 Å². The average molecular weight is 450 g/mol. The van der Waals surface area contributed by atoms with Crippen molar-refractivity contribution in [2.45, 2.75) is 0 Å². The second-order valence-electron chi connectivity index (χ2n) is 6.23. The van der Waals surface area contributed by atoms with Gasteiger partial charge in [-0.05, 0) is 45.8 Å². The highest BCUT2D eigenvalue weighted by atomic mass is 79.9. The molecule has 0 aliphatic carbocycles. The van der Waals surface area contributed by atoms with Crippen LogP contribution in [-0.4, -0.2) is 28.1 Å². The van der Waals surface area contributed by atoms with E-state index in [1.54, 1.807) is 30.3 Å². The van der Waals surface area contributed by atoms with Gasteiger partial charge in [-0.1, -0.05) is 42.5 Å². The fourth-order valence-electron chi connectivity index (χ4n) is 2.95. The molecule has 4 rings (SSSR count). The van der Waals surface area contributed by atoms with Crippen molar-refractivity contribution < 1.29 is 9.84 Å². The fraction of sp³-hybridized carbons (Fsp3) is 0.0455. The van der Waals surface area contributed by atoms with Crippen LogP contribution in [0.2, 0.25) is 0 Å². The number of hydrogen-bond donors (Lipinski definition) is 1. The van der Waals surface area contributed by atoms with Gasteiger partial charge in [0.1, 0.15) is 0 Å². The van der Waals surface area contributed by atoms with E-state index in [0.29, 0.717) is 32.5 Å². The van der Waals surface area contributed by atoms with Crippen molar-refractivity contribution in [2.24, 2.45) is 5.10 Å². The lowest BCUT2D eigenvalue weighted by atomic mass is 10.2. The zero-order valence-corrected chi connectivity index (χ0v) is 17.0. The van der Waals surface area contributed by atoms with E-state index >= 15 is 0 Å². The molecular weight excluding hydrogens is 434 g/mol. The number of nitrogens with zero attached hydrogens (tertiary/aromatic N) is 3. The van der Waals surface area contributed by atoms with E-state index in [-0.39, 0.29) is 11.3 Å². The topological polar surface area (TPSA) is 76.7 Å². The van der Waals surface area contributed by atoms with Crippen LogP contribution in [0, 0.1) is 0 Å². The van der Waals surface area contributed by atoms with Crippen molar-refractivity contribution in [1.29, 1.82) is 0 Å². The number of rotatable bonds is 4. The van der Waals surface area contributed by atoms with Crippen molar-refractivity contribution in [2.75, 3.05) is 7.11 Å². The summed E-state index contributed by atoms with van der Waals surface area (Å²) in [5.74, 6) is 0.739. The van der Waals surface area contributed by atoms with Crippen LogP contribution in [0.4, 0.5) is 0 Å². The molecule has 29 heavy (non-hydrogen) atoms. The highest BCUT2D eigenvalue weighted by Crippen LogP contribution is 2.34. The third kappa shape index (κ3) is 3.64. The molecule has 0 fully saturated rings. The molecule has 0 bridgehead atoms. The standard InChI is InChI=1S/C22H16BrN3O3/c1-29-19-12-14(11-17(23)20(19)27)13-24-26-21(15-7-3-2-4-8-15)25-18-10-6-5-9-16(18)22(26)28/h2-13,27H,1H3/b24-13-. The van der Waals surface area contributed by atoms with Gasteiger partial charge in [-0.3, -0.25) is 4.79 Å². The summed E-state index contributed by atoms with van der Waals surface area (Å²) >= 11 is 3.29. The summed E-state index contributed by atoms with van der Waals surface area (Å²) in [6, 6.07) is 19.9. The molecule has 0 radical (unpaired) electrons. The largest absolute Gasteiger partial charge is 0.503 e. The van der Waals surface area contributed by atoms with Crippen molar-refractivity contribution in [3.05, 3.63) is 87.1 Å². The second-order valence-corrected chi connectivity index (χ2v) is 7.09. The summed E-state index contributed by atoms with van der Waals surface area (Å²) in [7, 11) is 1.47. The van der Waals surface area contributed by atoms with Gasteiger partial charge >= 0.3 is 0 Å². The van der Waals surface area contributed by atoms with Crippen LogP contribution in [0.25, 0.3) is 22.3 Å². The van der Waals surface area contributed by atoms with E-state index in [1.165, 1.54) is 18.0 Å². The van der Waals surface area contributed by atoms with E-state index in [9.17, 15) is 9.90 Å². The predicted molar refractivity (Wildman–Crippen MR) is 117 cm³/mol. The summed E-state index contributed by atoms with van der Waals surface area (Å²) < 4.78 is 6.92. The summed E-state index contributed by atoms with van der Waals surface area (Å²) in [5, 5.41) is 14.9. The van der Waals surface area contributed by atoms with E-state index in [4.69, 9.17) is 4.74 Å². The third-order valence-corrected chi connectivity index (χ3v) is 4.98. The maximum Gasteiger partial charge on any atom is 0.282 e. The minimum absolute atomic E-state index is 0.000775. The number of benzene rings is 3. The number of methoxy groups -OCH3 is 1. The molecule has 3 aromatic carbocycles. The fourth-order valence-corrected chi connectivity index (χ4v) is 3.41. The zero-order valence-electron chi connectivity index (χ0n) is 15.4. The van der Waals surface area contributed by atoms with E-state index in [1.807, 2.05) is 36.4 Å². The van der Waals surface area contributed by atoms with E-state index in [2.05, 4.69) is 26.0 Å². The highest BCUT2D eigenvalue weighted by Gasteiger charge is 2.12. The minimum atomic E-state index is -0.268. The Kier molecular flexibility index (Phi) is 5.14. The molecule has 0 aliphatic rings. The Morgan fingerprint density at radius 3 is 2.59 bits per heavy atom. The third-order valence-electron chi connectivity index (χ3n) is 4.38. The number of aromatic hydroxyl groups is 1. The van der Waals surface area contributed by atoms with Crippen LogP contribution >= 0.6 is 15.9 Å². The molecular formula is C22H16BrN3O3. The summed E-state index contributed by atoms with van der Waals surface area (Å²) in [6.07, 6.45) is 1.52. The van der Waals surface area contributed by atoms with Crippen molar-refractivity contribution in [1.82, 2.24) is 9.66 Å². The molecule has 0 saturated carbocycles. The molecule has 1 heterocycles. The first-order valence-electron chi connectivity index (χ1n) is 8.76. The number of phenolic OH excluding ortho intramolecular Hbond substituents is 1. The maximum absolute atomic E-state index is 13.1. The van der Waals surface area contributed by atoms with Gasteiger partial charge in [0.25, 0.3) is 5.56 Å². The Bertz CT molecular complexity index is 1280. The van der Waals surface area contributed by atoms with Crippen LogP contribution in [0.3, 0.4) is 0 Å². The SMILES string of the molecule is COc1cc(/C=N\n2c(-c3ccccc3)nc3ccccc3c2=O)cc(Br)c1O. The molecule has 7 heteroatoms. The van der Waals surface area contributed by atoms with Crippen LogP contribution in [-0.2, 0) is 0 Å². The Labute approximate surface area is 174 Å². The van der Waals surface area contributed by atoms with Gasteiger partial charge in [0.05, 0.1) is 28.7 Å². The van der Waals surface area contributed by atoms with Gasteiger partial charge in [-0.2, -0.15) is 9.78 Å². The number of aromatic nitrogens is 2. The quantitative estimate of drug-likeness (QED) is 0.467. The highest BCUT2D eigenvalue weighted by molar-refractivity contribution is 9.10. The first-order valence-corrected chi connectivity index (χ1v) is 9.56. The predicted octanol–water partition coefficient (Wildman–Crippen LogP) is 4.42. The molecule has 0 unspecified atom stereocenters. The van der Waals surface area contributed by atoms with Gasteiger partial charge in [0.2, 0.25) is 0 Å². The summed E-state index contributed by atoms with van der Waals surface area (Å²) in [4.78, 5) is 17.8. The van der Waals surface area contributed by atoms with Crippen LogP contribution < -0.4 is 10.3 Å². The second kappa shape index (κ2) is 7.89. The molecule has 0 aliphatic heterocycles. The van der Waals surface area contributed by atoms with Gasteiger partial charge in [0, 0.05) is 5.56 Å². The normalized spacial score (nSPS) is 11.2. The first-order chi connectivity index (χ1) is 14.1. The van der Waals surface area contributed by atoms with Crippen molar-refractivity contribution >= 4 is 33.0 Å². The van der Waals surface area contributed by atoms with Gasteiger partial charge in [-0.25, -0.2) is 4.98 Å². The Morgan fingerprint density at radius 1 is 1.10 bits per heavy atom. The Morgan fingerprint density at radius 2 is 1.83 bits per heavy atom. The smallest absolute Gasteiger partial charge is 0.282 e. The first kappa shape index (κ1) is 18.9. The molecule has 0 saturated heterocycles. The maximum atomic E-state index is 13.1. The van der Waals surface area contributed by atoms with E-state index in [0.717, 1.165) is 5.56 Å². The van der Waals surface area contributed by atoms with Crippen molar-refractivity contribution in [3.8, 4) is 22.9 Å². The lowest BCUT2D eigenvalue weighted by molar-refractivity contribution is 0.372. The van der Waals surface area contributed by atoms with Gasteiger partial charge in [-0.15, -0.1) is 0 Å². The van der Waals surface area contributed by atoms with Gasteiger partial charge < -0.3 is 9.84 Å².